The highest BCUT2D eigenvalue weighted by Gasteiger charge is 2.68. The third kappa shape index (κ3) is 2.74. The Bertz CT molecular complexity index is 823. The first-order chi connectivity index (χ1) is 13.6. The Morgan fingerprint density at radius 2 is 1.93 bits per heavy atom. The zero-order valence-electron chi connectivity index (χ0n) is 18.3. The second-order valence-corrected chi connectivity index (χ2v) is 10.6. The molecule has 1 spiro atoms. The second kappa shape index (κ2) is 6.65. The van der Waals surface area contributed by atoms with E-state index >= 15 is 0 Å². The summed E-state index contributed by atoms with van der Waals surface area (Å²) < 4.78 is 5.63. The highest BCUT2D eigenvalue weighted by Crippen LogP contribution is 2.70. The fraction of sp³-hybridized carbons (Fsp3) is 0.720. The lowest BCUT2D eigenvalue weighted by molar-refractivity contribution is -0.190. The quantitative estimate of drug-likeness (QED) is 0.388. The summed E-state index contributed by atoms with van der Waals surface area (Å²) in [4.78, 5) is 38.5. The first-order valence-corrected chi connectivity index (χ1v) is 11.1. The zero-order valence-corrected chi connectivity index (χ0v) is 18.3. The van der Waals surface area contributed by atoms with Crippen LogP contribution in [-0.4, -0.2) is 24.1 Å². The van der Waals surface area contributed by atoms with Gasteiger partial charge < -0.3 is 4.74 Å². The van der Waals surface area contributed by atoms with Gasteiger partial charge in [-0.3, -0.25) is 9.59 Å². The minimum Gasteiger partial charge on any atom is -0.461 e. The molecular formula is C25H34O4. The summed E-state index contributed by atoms with van der Waals surface area (Å²) in [5.41, 5.74) is 0.813. The minimum atomic E-state index is -0.672. The summed E-state index contributed by atoms with van der Waals surface area (Å²) in [6.45, 7) is 12.3. The van der Waals surface area contributed by atoms with Crippen molar-refractivity contribution in [1.29, 1.82) is 0 Å². The molecule has 4 nitrogen and oxygen atoms in total. The van der Waals surface area contributed by atoms with Crippen LogP contribution in [0.15, 0.2) is 23.8 Å². The van der Waals surface area contributed by atoms with Crippen LogP contribution in [0.2, 0.25) is 0 Å². The summed E-state index contributed by atoms with van der Waals surface area (Å²) >= 11 is 0. The smallest absolute Gasteiger partial charge is 0.333 e. The molecule has 0 heterocycles. The number of carbonyl (C=O) groups excluding carboxylic acids is 3. The Hall–Kier alpha value is -1.71. The summed E-state index contributed by atoms with van der Waals surface area (Å²) in [5.74, 6) is 1.06. The standard InChI is InChI=1S/C25H34O4/c1-6-15(2)22(28)29-14-24(5)18-7-10-25-13-16(3)17(12-21(25)27)11-19(25)23(18,4)9-8-20(24)26/h6,17-19H,3,7-14H2,1-2,4-5H3/b15-6+/t17-,18+,19+,23-,24+,25+/m1/s1. The van der Waals surface area contributed by atoms with Crippen LogP contribution in [0.25, 0.3) is 0 Å². The Kier molecular flexibility index (Phi) is 4.71. The van der Waals surface area contributed by atoms with Gasteiger partial charge in [0.15, 0.2) is 0 Å². The Balaban J connectivity index is 1.66. The number of hydrogen-bond donors (Lipinski definition) is 0. The van der Waals surface area contributed by atoms with Crippen molar-refractivity contribution in [2.45, 2.75) is 72.6 Å². The van der Waals surface area contributed by atoms with E-state index in [2.05, 4.69) is 13.5 Å². The predicted molar refractivity (Wildman–Crippen MR) is 111 cm³/mol. The van der Waals surface area contributed by atoms with Crippen LogP contribution in [0, 0.1) is 34.0 Å². The average molecular weight is 399 g/mol. The van der Waals surface area contributed by atoms with Gasteiger partial charge in [-0.1, -0.05) is 25.2 Å². The van der Waals surface area contributed by atoms with E-state index in [-0.39, 0.29) is 35.1 Å². The molecule has 6 atom stereocenters. The summed E-state index contributed by atoms with van der Waals surface area (Å²) in [5, 5.41) is 0. The number of carbonyl (C=O) groups is 3. The minimum absolute atomic E-state index is 0.0714. The van der Waals surface area contributed by atoms with E-state index < -0.39 is 5.41 Å². The molecule has 2 bridgehead atoms. The number of rotatable bonds is 3. The molecule has 5 rings (SSSR count). The van der Waals surface area contributed by atoms with E-state index in [4.69, 9.17) is 4.74 Å². The van der Waals surface area contributed by atoms with Crippen LogP contribution in [0.5, 0.6) is 0 Å². The number of hydrogen-bond acceptors (Lipinski definition) is 4. The van der Waals surface area contributed by atoms with Gasteiger partial charge in [0, 0.05) is 23.8 Å². The van der Waals surface area contributed by atoms with E-state index in [1.54, 1.807) is 13.0 Å². The van der Waals surface area contributed by atoms with E-state index in [0.29, 0.717) is 36.0 Å². The number of ether oxygens (including phenoxy) is 1. The van der Waals surface area contributed by atoms with Gasteiger partial charge in [0.05, 0.1) is 5.41 Å². The number of fused-ring (bicyclic) bond motifs is 3. The largest absolute Gasteiger partial charge is 0.461 e. The molecule has 29 heavy (non-hydrogen) atoms. The zero-order chi connectivity index (χ0) is 21.2. The molecule has 4 heteroatoms. The molecule has 0 unspecified atom stereocenters. The fourth-order valence-corrected chi connectivity index (χ4v) is 7.46. The maximum Gasteiger partial charge on any atom is 0.333 e. The number of esters is 1. The van der Waals surface area contributed by atoms with Gasteiger partial charge >= 0.3 is 5.97 Å². The van der Waals surface area contributed by atoms with Crippen molar-refractivity contribution in [3.63, 3.8) is 0 Å². The maximum atomic E-state index is 13.1. The Labute approximate surface area is 174 Å². The highest BCUT2D eigenvalue weighted by molar-refractivity contribution is 5.91. The molecule has 0 aromatic carbocycles. The van der Waals surface area contributed by atoms with Gasteiger partial charge in [0.25, 0.3) is 0 Å². The first-order valence-electron chi connectivity index (χ1n) is 11.1. The van der Waals surface area contributed by atoms with E-state index in [0.717, 1.165) is 32.1 Å². The van der Waals surface area contributed by atoms with Crippen molar-refractivity contribution >= 4 is 17.5 Å². The number of Topliss-reactive ketones (excluding diaryl/α,β-unsaturated/α-hetero) is 2. The van der Waals surface area contributed by atoms with Gasteiger partial charge in [-0.15, -0.1) is 0 Å². The molecule has 0 saturated heterocycles. The lowest BCUT2D eigenvalue weighted by Gasteiger charge is -2.66. The van der Waals surface area contributed by atoms with Crippen molar-refractivity contribution < 1.29 is 19.1 Å². The molecule has 5 aliphatic rings. The monoisotopic (exact) mass is 398 g/mol. The molecule has 0 radical (unpaired) electrons. The van der Waals surface area contributed by atoms with Crippen LogP contribution in [0.3, 0.4) is 0 Å². The number of ketones is 2. The topological polar surface area (TPSA) is 60.4 Å². The van der Waals surface area contributed by atoms with Crippen LogP contribution in [0.1, 0.15) is 72.6 Å². The van der Waals surface area contributed by atoms with Crippen molar-refractivity contribution in [1.82, 2.24) is 0 Å². The molecule has 0 aromatic rings. The van der Waals surface area contributed by atoms with Crippen molar-refractivity contribution in [2.75, 3.05) is 6.61 Å². The normalized spacial score (nSPS) is 44.3. The van der Waals surface area contributed by atoms with E-state index in [1.165, 1.54) is 5.57 Å². The Morgan fingerprint density at radius 1 is 1.21 bits per heavy atom. The van der Waals surface area contributed by atoms with Gasteiger partial charge in [0.1, 0.15) is 18.2 Å². The highest BCUT2D eigenvalue weighted by atomic mass is 16.5. The molecule has 5 saturated carbocycles. The van der Waals surface area contributed by atoms with Gasteiger partial charge in [-0.2, -0.15) is 0 Å². The van der Waals surface area contributed by atoms with Crippen LogP contribution < -0.4 is 0 Å². The second-order valence-electron chi connectivity index (χ2n) is 10.6. The molecule has 0 aliphatic heterocycles. The van der Waals surface area contributed by atoms with Crippen LogP contribution in [0.4, 0.5) is 0 Å². The average Bonchev–Trinajstić information content (AvgIpc) is 2.69. The van der Waals surface area contributed by atoms with Crippen molar-refractivity contribution in [2.24, 2.45) is 34.0 Å². The van der Waals surface area contributed by atoms with Gasteiger partial charge in [-0.25, -0.2) is 4.79 Å². The molecule has 0 aromatic heterocycles. The maximum absolute atomic E-state index is 13.1. The number of allylic oxidation sites excluding steroid dienone is 2. The van der Waals surface area contributed by atoms with Crippen molar-refractivity contribution in [3.05, 3.63) is 23.8 Å². The lowest BCUT2D eigenvalue weighted by Crippen LogP contribution is -2.65. The summed E-state index contributed by atoms with van der Waals surface area (Å²) in [6, 6.07) is 0. The first kappa shape index (κ1) is 20.6. The summed E-state index contributed by atoms with van der Waals surface area (Å²) in [7, 11) is 0. The van der Waals surface area contributed by atoms with E-state index in [9.17, 15) is 14.4 Å². The molecule has 0 N–H and O–H groups in total. The molecule has 5 aliphatic carbocycles. The SMILES string of the molecule is C=C1C[C@@]23CC[C@H]4[C@@](C)(CCC(=O)[C@@]4(C)COC(=O)/C(C)=C/C)[C@@H]2C[C@@H]1CC3=O. The molecular weight excluding hydrogens is 364 g/mol. The summed E-state index contributed by atoms with van der Waals surface area (Å²) in [6.07, 6.45) is 7.30. The molecule has 5 fully saturated rings. The van der Waals surface area contributed by atoms with Crippen molar-refractivity contribution in [3.8, 4) is 0 Å². The fourth-order valence-electron chi connectivity index (χ4n) is 7.46. The Morgan fingerprint density at radius 3 is 2.62 bits per heavy atom. The van der Waals surface area contributed by atoms with E-state index in [1.807, 2.05) is 13.8 Å². The van der Waals surface area contributed by atoms with Gasteiger partial charge in [0.2, 0.25) is 0 Å². The lowest BCUT2D eigenvalue weighted by atomic mass is 9.36. The predicted octanol–water partition coefficient (Wildman–Crippen LogP) is 4.82. The third-order valence-electron chi connectivity index (χ3n) is 9.32. The van der Waals surface area contributed by atoms with Crippen LogP contribution >= 0.6 is 0 Å². The molecule has 0 amide bonds. The molecule has 158 valence electrons. The third-order valence-corrected chi connectivity index (χ3v) is 9.32. The van der Waals surface area contributed by atoms with Crippen LogP contribution in [-0.2, 0) is 19.1 Å². The van der Waals surface area contributed by atoms with Gasteiger partial charge in [-0.05, 0) is 76.0 Å².